The van der Waals surface area contributed by atoms with Gasteiger partial charge in [0.15, 0.2) is 0 Å². The molecule has 2 aromatic carbocycles. The summed E-state index contributed by atoms with van der Waals surface area (Å²) in [6.07, 6.45) is 2.87. The number of anilines is 1. The zero-order chi connectivity index (χ0) is 15.9. The number of amides is 1. The highest BCUT2D eigenvalue weighted by molar-refractivity contribution is 6.02. The minimum atomic E-state index is -0.348. The van der Waals surface area contributed by atoms with Gasteiger partial charge in [0, 0.05) is 12.1 Å². The molecule has 4 nitrogen and oxygen atoms in total. The van der Waals surface area contributed by atoms with Gasteiger partial charge in [0.05, 0.1) is 19.9 Å². The van der Waals surface area contributed by atoms with Crippen LogP contribution in [0.4, 0.5) is 10.1 Å². The molecule has 2 rings (SSSR count). The van der Waals surface area contributed by atoms with Gasteiger partial charge in [-0.2, -0.15) is 0 Å². The van der Waals surface area contributed by atoms with E-state index < -0.39 is 0 Å². The van der Waals surface area contributed by atoms with E-state index in [0.29, 0.717) is 22.7 Å². The average Bonchev–Trinajstić information content (AvgIpc) is 2.53. The molecule has 1 amide bonds. The average molecular weight is 301 g/mol. The van der Waals surface area contributed by atoms with Gasteiger partial charge in [0.1, 0.15) is 17.3 Å². The first kappa shape index (κ1) is 15.6. The number of carbonyl (C=O) groups is 1. The third-order valence-corrected chi connectivity index (χ3v) is 2.94. The van der Waals surface area contributed by atoms with Crippen molar-refractivity contribution in [2.75, 3.05) is 19.5 Å². The smallest absolute Gasteiger partial charge is 0.248 e. The zero-order valence-electron chi connectivity index (χ0n) is 12.3. The fourth-order valence-corrected chi connectivity index (χ4v) is 1.86. The summed E-state index contributed by atoms with van der Waals surface area (Å²) in [6.45, 7) is 0. The molecule has 0 aliphatic heterocycles. The van der Waals surface area contributed by atoms with Gasteiger partial charge in [-0.15, -0.1) is 0 Å². The topological polar surface area (TPSA) is 47.6 Å². The first-order valence-electron chi connectivity index (χ1n) is 6.59. The Labute approximate surface area is 128 Å². The number of hydrogen-bond acceptors (Lipinski definition) is 3. The van der Waals surface area contributed by atoms with Crippen LogP contribution in [0.15, 0.2) is 48.5 Å². The number of ether oxygens (including phenoxy) is 2. The molecular formula is C17H16FNO3. The Hall–Kier alpha value is -2.82. The number of carbonyl (C=O) groups excluding carboxylic acids is 1. The predicted molar refractivity (Wildman–Crippen MR) is 83.6 cm³/mol. The molecule has 0 aliphatic rings. The lowest BCUT2D eigenvalue weighted by Crippen LogP contribution is -2.09. The van der Waals surface area contributed by atoms with Crippen LogP contribution in [-0.4, -0.2) is 20.1 Å². The Bertz CT molecular complexity index is 698. The second kappa shape index (κ2) is 7.26. The van der Waals surface area contributed by atoms with Crippen molar-refractivity contribution in [3.63, 3.8) is 0 Å². The third kappa shape index (κ3) is 4.09. The molecule has 2 aromatic rings. The van der Waals surface area contributed by atoms with Crippen LogP contribution < -0.4 is 14.8 Å². The van der Waals surface area contributed by atoms with Crippen LogP contribution in [0, 0.1) is 5.82 Å². The van der Waals surface area contributed by atoms with E-state index in [1.165, 1.54) is 31.4 Å². The Morgan fingerprint density at radius 2 is 1.95 bits per heavy atom. The summed E-state index contributed by atoms with van der Waals surface area (Å²) in [7, 11) is 3.06. The van der Waals surface area contributed by atoms with E-state index in [4.69, 9.17) is 9.47 Å². The maximum Gasteiger partial charge on any atom is 0.248 e. The number of benzene rings is 2. The standard InChI is InChI=1S/C17H16FNO3/c1-21-14-7-8-15(16(11-14)22-2)19-17(20)9-6-12-4-3-5-13(18)10-12/h3-11H,1-2H3,(H,19,20)/b9-6+. The largest absolute Gasteiger partial charge is 0.497 e. The molecule has 0 saturated carbocycles. The Kier molecular flexibility index (Phi) is 5.14. The van der Waals surface area contributed by atoms with Gasteiger partial charge in [-0.05, 0) is 35.9 Å². The van der Waals surface area contributed by atoms with Gasteiger partial charge in [0.25, 0.3) is 0 Å². The highest BCUT2D eigenvalue weighted by Gasteiger charge is 2.07. The SMILES string of the molecule is COc1ccc(NC(=O)/C=C/c2cccc(F)c2)c(OC)c1. The minimum Gasteiger partial charge on any atom is -0.497 e. The van der Waals surface area contributed by atoms with Gasteiger partial charge in [0.2, 0.25) is 5.91 Å². The molecule has 0 bridgehead atoms. The summed E-state index contributed by atoms with van der Waals surface area (Å²) in [5.41, 5.74) is 1.13. The van der Waals surface area contributed by atoms with E-state index in [9.17, 15) is 9.18 Å². The highest BCUT2D eigenvalue weighted by Crippen LogP contribution is 2.28. The second-order valence-corrected chi connectivity index (χ2v) is 4.44. The van der Waals surface area contributed by atoms with Crippen LogP contribution in [0.25, 0.3) is 6.08 Å². The fourth-order valence-electron chi connectivity index (χ4n) is 1.86. The maximum atomic E-state index is 13.0. The molecule has 5 heteroatoms. The van der Waals surface area contributed by atoms with Crippen molar-refractivity contribution in [3.8, 4) is 11.5 Å². The quantitative estimate of drug-likeness (QED) is 0.860. The van der Waals surface area contributed by atoms with Gasteiger partial charge in [-0.25, -0.2) is 4.39 Å². The van der Waals surface area contributed by atoms with E-state index in [1.54, 1.807) is 37.4 Å². The van der Waals surface area contributed by atoms with E-state index in [2.05, 4.69) is 5.32 Å². The maximum absolute atomic E-state index is 13.0. The lowest BCUT2D eigenvalue weighted by Gasteiger charge is -2.10. The Morgan fingerprint density at radius 1 is 1.14 bits per heavy atom. The van der Waals surface area contributed by atoms with Gasteiger partial charge in [-0.1, -0.05) is 12.1 Å². The zero-order valence-corrected chi connectivity index (χ0v) is 12.3. The van der Waals surface area contributed by atoms with Crippen molar-refractivity contribution in [1.29, 1.82) is 0 Å². The number of halogens is 1. The molecule has 0 fully saturated rings. The van der Waals surface area contributed by atoms with E-state index in [1.807, 2.05) is 0 Å². The van der Waals surface area contributed by atoms with E-state index >= 15 is 0 Å². The normalized spacial score (nSPS) is 10.5. The van der Waals surface area contributed by atoms with Crippen molar-refractivity contribution in [3.05, 3.63) is 59.9 Å². The molecule has 0 saturated heterocycles. The summed E-state index contributed by atoms with van der Waals surface area (Å²) < 4.78 is 23.3. The van der Waals surface area contributed by atoms with Crippen LogP contribution in [0.3, 0.4) is 0 Å². The lowest BCUT2D eigenvalue weighted by molar-refractivity contribution is -0.111. The van der Waals surface area contributed by atoms with Crippen molar-refractivity contribution >= 4 is 17.7 Å². The molecule has 1 N–H and O–H groups in total. The summed E-state index contributed by atoms with van der Waals surface area (Å²) >= 11 is 0. The summed E-state index contributed by atoms with van der Waals surface area (Å²) in [4.78, 5) is 11.9. The lowest BCUT2D eigenvalue weighted by atomic mass is 10.2. The number of rotatable bonds is 5. The van der Waals surface area contributed by atoms with E-state index in [0.717, 1.165) is 0 Å². The molecule has 0 radical (unpaired) electrons. The number of methoxy groups -OCH3 is 2. The van der Waals surface area contributed by atoms with Crippen LogP contribution in [0.2, 0.25) is 0 Å². The molecule has 0 unspecified atom stereocenters. The molecule has 114 valence electrons. The van der Waals surface area contributed by atoms with Crippen molar-refractivity contribution < 1.29 is 18.7 Å². The summed E-state index contributed by atoms with van der Waals surface area (Å²) in [6, 6.07) is 11.1. The summed E-state index contributed by atoms with van der Waals surface area (Å²) in [5, 5.41) is 2.70. The molecule has 0 spiro atoms. The predicted octanol–water partition coefficient (Wildman–Crippen LogP) is 3.49. The monoisotopic (exact) mass is 301 g/mol. The molecule has 0 heterocycles. The molecule has 0 atom stereocenters. The van der Waals surface area contributed by atoms with Gasteiger partial charge in [-0.3, -0.25) is 4.79 Å². The fraction of sp³-hybridized carbons (Fsp3) is 0.118. The Morgan fingerprint density at radius 3 is 2.64 bits per heavy atom. The summed E-state index contributed by atoms with van der Waals surface area (Å²) in [5.74, 6) is 0.434. The van der Waals surface area contributed by atoms with Gasteiger partial charge < -0.3 is 14.8 Å². The second-order valence-electron chi connectivity index (χ2n) is 4.44. The van der Waals surface area contributed by atoms with Crippen LogP contribution in [0.1, 0.15) is 5.56 Å². The minimum absolute atomic E-state index is 0.340. The molecule has 0 aliphatic carbocycles. The number of hydrogen-bond donors (Lipinski definition) is 1. The van der Waals surface area contributed by atoms with Crippen molar-refractivity contribution in [1.82, 2.24) is 0 Å². The van der Waals surface area contributed by atoms with E-state index in [-0.39, 0.29) is 11.7 Å². The highest BCUT2D eigenvalue weighted by atomic mass is 19.1. The van der Waals surface area contributed by atoms with Crippen LogP contribution >= 0.6 is 0 Å². The van der Waals surface area contributed by atoms with Crippen molar-refractivity contribution in [2.45, 2.75) is 0 Å². The van der Waals surface area contributed by atoms with Crippen molar-refractivity contribution in [2.24, 2.45) is 0 Å². The number of nitrogens with one attached hydrogen (secondary N) is 1. The first-order valence-corrected chi connectivity index (χ1v) is 6.59. The first-order chi connectivity index (χ1) is 10.6. The molecule has 22 heavy (non-hydrogen) atoms. The third-order valence-electron chi connectivity index (χ3n) is 2.94. The van der Waals surface area contributed by atoms with Crippen LogP contribution in [-0.2, 0) is 4.79 Å². The molecular weight excluding hydrogens is 285 g/mol. The molecule has 0 aromatic heterocycles. The van der Waals surface area contributed by atoms with Crippen LogP contribution in [0.5, 0.6) is 11.5 Å². The Balaban J connectivity index is 2.09. The van der Waals surface area contributed by atoms with Gasteiger partial charge >= 0.3 is 0 Å².